The SMILES string of the molecule is CC(C)N(C)C(=O)c1ccc(Cl)c(NC(=O)c2cc(-c3ccco3)nn2-c2ccccc2)c1. The van der Waals surface area contributed by atoms with Crippen LogP contribution >= 0.6 is 11.6 Å². The first-order chi connectivity index (χ1) is 15.8. The number of rotatable bonds is 6. The summed E-state index contributed by atoms with van der Waals surface area (Å²) in [6.07, 6.45) is 1.55. The van der Waals surface area contributed by atoms with E-state index in [0.29, 0.717) is 39.1 Å². The van der Waals surface area contributed by atoms with E-state index in [9.17, 15) is 9.59 Å². The van der Waals surface area contributed by atoms with E-state index in [1.54, 1.807) is 59.3 Å². The number of furan rings is 1. The fourth-order valence-corrected chi connectivity index (χ4v) is 3.40. The summed E-state index contributed by atoms with van der Waals surface area (Å²) >= 11 is 6.34. The van der Waals surface area contributed by atoms with Gasteiger partial charge in [0.1, 0.15) is 11.4 Å². The molecule has 4 aromatic rings. The van der Waals surface area contributed by atoms with Crippen LogP contribution in [0.25, 0.3) is 17.1 Å². The quantitative estimate of drug-likeness (QED) is 0.409. The Bertz CT molecular complexity index is 1280. The number of carbonyl (C=O) groups excluding carboxylic acids is 2. The minimum atomic E-state index is -0.423. The molecule has 0 fully saturated rings. The molecule has 0 unspecified atom stereocenters. The number of hydrogen-bond acceptors (Lipinski definition) is 4. The summed E-state index contributed by atoms with van der Waals surface area (Å²) in [5, 5.41) is 7.71. The second kappa shape index (κ2) is 9.34. The standard InChI is InChI=1S/C25H23ClN4O3/c1-16(2)29(3)25(32)17-11-12-19(26)20(14-17)27-24(31)22-15-21(23-10-7-13-33-23)28-30(22)18-8-5-4-6-9-18/h4-16H,1-3H3,(H,27,31). The molecule has 2 amide bonds. The summed E-state index contributed by atoms with van der Waals surface area (Å²) in [6.45, 7) is 3.86. The van der Waals surface area contributed by atoms with Crippen LogP contribution in [0.4, 0.5) is 5.69 Å². The zero-order valence-electron chi connectivity index (χ0n) is 18.4. The summed E-state index contributed by atoms with van der Waals surface area (Å²) < 4.78 is 7.00. The average Bonchev–Trinajstić information content (AvgIpc) is 3.50. The summed E-state index contributed by atoms with van der Waals surface area (Å²) in [7, 11) is 1.73. The highest BCUT2D eigenvalue weighted by atomic mass is 35.5. The van der Waals surface area contributed by atoms with E-state index in [0.717, 1.165) is 0 Å². The van der Waals surface area contributed by atoms with Gasteiger partial charge in [-0.2, -0.15) is 5.10 Å². The number of para-hydroxylation sites is 1. The zero-order chi connectivity index (χ0) is 23.5. The average molecular weight is 463 g/mol. The monoisotopic (exact) mass is 462 g/mol. The first-order valence-corrected chi connectivity index (χ1v) is 10.8. The van der Waals surface area contributed by atoms with Gasteiger partial charge in [-0.25, -0.2) is 4.68 Å². The normalized spacial score (nSPS) is 10.9. The van der Waals surface area contributed by atoms with Crippen molar-refractivity contribution >= 4 is 29.1 Å². The maximum absolute atomic E-state index is 13.3. The molecule has 33 heavy (non-hydrogen) atoms. The van der Waals surface area contributed by atoms with Crippen molar-refractivity contribution in [3.8, 4) is 17.1 Å². The summed E-state index contributed by atoms with van der Waals surface area (Å²) in [5.41, 5.74) is 2.29. The van der Waals surface area contributed by atoms with E-state index in [-0.39, 0.29) is 11.9 Å². The number of nitrogens with one attached hydrogen (secondary N) is 1. The third kappa shape index (κ3) is 4.68. The molecule has 8 heteroatoms. The molecule has 0 aliphatic heterocycles. The first-order valence-electron chi connectivity index (χ1n) is 10.4. The van der Waals surface area contributed by atoms with Gasteiger partial charge in [-0.3, -0.25) is 9.59 Å². The van der Waals surface area contributed by atoms with Crippen molar-refractivity contribution in [2.24, 2.45) is 0 Å². The molecular formula is C25H23ClN4O3. The smallest absolute Gasteiger partial charge is 0.274 e. The molecule has 0 spiro atoms. The molecule has 0 radical (unpaired) electrons. The van der Waals surface area contributed by atoms with Gasteiger partial charge in [0.2, 0.25) is 0 Å². The molecule has 1 N–H and O–H groups in total. The number of amides is 2. The van der Waals surface area contributed by atoms with E-state index in [4.69, 9.17) is 16.0 Å². The topological polar surface area (TPSA) is 80.4 Å². The molecule has 0 saturated carbocycles. The van der Waals surface area contributed by atoms with E-state index in [2.05, 4.69) is 10.4 Å². The number of halogens is 1. The lowest BCUT2D eigenvalue weighted by molar-refractivity contribution is 0.0754. The van der Waals surface area contributed by atoms with Crippen LogP contribution in [0.2, 0.25) is 5.02 Å². The van der Waals surface area contributed by atoms with Crippen LogP contribution in [0.15, 0.2) is 77.4 Å². The fraction of sp³-hybridized carbons (Fsp3) is 0.160. The van der Waals surface area contributed by atoms with Gasteiger partial charge < -0.3 is 14.6 Å². The Labute approximate surface area is 196 Å². The predicted octanol–water partition coefficient (Wildman–Crippen LogP) is 5.52. The number of aromatic nitrogens is 2. The summed E-state index contributed by atoms with van der Waals surface area (Å²) in [6, 6.07) is 19.4. The minimum Gasteiger partial charge on any atom is -0.463 e. The third-order valence-electron chi connectivity index (χ3n) is 5.27. The second-order valence-electron chi connectivity index (χ2n) is 7.80. The first kappa shape index (κ1) is 22.4. The molecule has 4 rings (SSSR count). The zero-order valence-corrected chi connectivity index (χ0v) is 19.2. The third-order valence-corrected chi connectivity index (χ3v) is 5.60. The lowest BCUT2D eigenvalue weighted by atomic mass is 10.1. The predicted molar refractivity (Wildman–Crippen MR) is 128 cm³/mol. The Morgan fingerprint density at radius 2 is 1.82 bits per heavy atom. The number of nitrogens with zero attached hydrogens (tertiary/aromatic N) is 3. The molecule has 2 aromatic carbocycles. The van der Waals surface area contributed by atoms with Crippen LogP contribution in [0.3, 0.4) is 0 Å². The lowest BCUT2D eigenvalue weighted by Gasteiger charge is -2.22. The highest BCUT2D eigenvalue weighted by Crippen LogP contribution is 2.27. The molecule has 0 saturated heterocycles. The fourth-order valence-electron chi connectivity index (χ4n) is 3.23. The van der Waals surface area contributed by atoms with Crippen molar-refractivity contribution in [2.75, 3.05) is 12.4 Å². The molecule has 0 bridgehead atoms. The Morgan fingerprint density at radius 1 is 1.06 bits per heavy atom. The molecule has 168 valence electrons. The molecule has 0 aliphatic rings. The highest BCUT2D eigenvalue weighted by Gasteiger charge is 2.21. The maximum Gasteiger partial charge on any atom is 0.274 e. The van der Waals surface area contributed by atoms with E-state index in [1.807, 2.05) is 44.2 Å². The van der Waals surface area contributed by atoms with Crippen LogP contribution in [0, 0.1) is 0 Å². The highest BCUT2D eigenvalue weighted by molar-refractivity contribution is 6.34. The van der Waals surface area contributed by atoms with Gasteiger partial charge in [-0.1, -0.05) is 29.8 Å². The van der Waals surface area contributed by atoms with Crippen LogP contribution in [0.5, 0.6) is 0 Å². The second-order valence-corrected chi connectivity index (χ2v) is 8.21. The maximum atomic E-state index is 13.3. The minimum absolute atomic E-state index is 0.0338. The largest absolute Gasteiger partial charge is 0.463 e. The Morgan fingerprint density at radius 3 is 2.48 bits per heavy atom. The number of anilines is 1. The molecule has 7 nitrogen and oxygen atoms in total. The molecule has 0 aliphatic carbocycles. The Balaban J connectivity index is 1.69. The van der Waals surface area contributed by atoms with Crippen LogP contribution in [-0.4, -0.2) is 39.6 Å². The van der Waals surface area contributed by atoms with Gasteiger partial charge in [0.05, 0.1) is 22.7 Å². The van der Waals surface area contributed by atoms with Gasteiger partial charge >= 0.3 is 0 Å². The molecule has 2 heterocycles. The summed E-state index contributed by atoms with van der Waals surface area (Å²) in [5.74, 6) is -0.0412. The van der Waals surface area contributed by atoms with E-state index in [1.165, 1.54) is 0 Å². The van der Waals surface area contributed by atoms with Crippen molar-refractivity contribution in [3.63, 3.8) is 0 Å². The van der Waals surface area contributed by atoms with Gasteiger partial charge in [0, 0.05) is 24.7 Å². The van der Waals surface area contributed by atoms with Crippen LogP contribution in [0.1, 0.15) is 34.7 Å². The number of hydrogen-bond donors (Lipinski definition) is 1. The van der Waals surface area contributed by atoms with Crippen molar-refractivity contribution in [3.05, 3.63) is 89.3 Å². The molecule has 0 atom stereocenters. The van der Waals surface area contributed by atoms with Crippen molar-refractivity contribution in [1.29, 1.82) is 0 Å². The number of carbonyl (C=O) groups is 2. The van der Waals surface area contributed by atoms with Crippen molar-refractivity contribution < 1.29 is 14.0 Å². The van der Waals surface area contributed by atoms with Crippen LogP contribution in [-0.2, 0) is 0 Å². The van der Waals surface area contributed by atoms with Gasteiger partial charge in [-0.15, -0.1) is 0 Å². The lowest BCUT2D eigenvalue weighted by Crippen LogP contribution is -2.33. The van der Waals surface area contributed by atoms with Crippen LogP contribution < -0.4 is 5.32 Å². The number of benzene rings is 2. The molecular weight excluding hydrogens is 440 g/mol. The van der Waals surface area contributed by atoms with Crippen molar-refractivity contribution in [1.82, 2.24) is 14.7 Å². The van der Waals surface area contributed by atoms with Gasteiger partial charge in [0.25, 0.3) is 11.8 Å². The van der Waals surface area contributed by atoms with Gasteiger partial charge in [0.15, 0.2) is 5.76 Å². The Kier molecular flexibility index (Phi) is 6.33. The van der Waals surface area contributed by atoms with E-state index >= 15 is 0 Å². The Hall–Kier alpha value is -3.84. The van der Waals surface area contributed by atoms with E-state index < -0.39 is 5.91 Å². The summed E-state index contributed by atoms with van der Waals surface area (Å²) in [4.78, 5) is 27.7. The molecule has 2 aromatic heterocycles. The van der Waals surface area contributed by atoms with Crippen molar-refractivity contribution in [2.45, 2.75) is 19.9 Å². The van der Waals surface area contributed by atoms with Gasteiger partial charge in [-0.05, 0) is 56.3 Å².